The van der Waals surface area contributed by atoms with Crippen molar-refractivity contribution in [3.8, 4) is 0 Å². The number of hydrogen-bond donors (Lipinski definition) is 2. The fourth-order valence-corrected chi connectivity index (χ4v) is 3.69. The van der Waals surface area contributed by atoms with Crippen molar-refractivity contribution in [1.29, 1.82) is 0 Å². The maximum absolute atomic E-state index is 11.4. The van der Waals surface area contributed by atoms with Crippen molar-refractivity contribution in [2.24, 2.45) is 0 Å². The quantitative estimate of drug-likeness (QED) is 0.610. The van der Waals surface area contributed by atoms with Crippen molar-refractivity contribution < 1.29 is 14.1 Å². The van der Waals surface area contributed by atoms with Gasteiger partial charge >= 0.3 is 7.60 Å². The summed E-state index contributed by atoms with van der Waals surface area (Å²) in [6.07, 6.45) is 1.79. The monoisotopic (exact) mass is 278 g/mol. The van der Waals surface area contributed by atoms with Gasteiger partial charge in [0, 0.05) is 30.3 Å². The van der Waals surface area contributed by atoms with Crippen LogP contribution in [-0.2, 0) is 9.19 Å². The summed E-state index contributed by atoms with van der Waals surface area (Å²) < 4.78 is 16.7. The lowest BCUT2D eigenvalue weighted by atomic mass is 9.79. The van der Waals surface area contributed by atoms with Crippen LogP contribution in [0.1, 0.15) is 47.5 Å². The van der Waals surface area contributed by atoms with Crippen molar-refractivity contribution in [2.75, 3.05) is 13.2 Å². The summed E-state index contributed by atoms with van der Waals surface area (Å²) in [6, 6.07) is 0.154. The Balaban J connectivity index is 2.82. The molecule has 0 saturated carbocycles. The molecular weight excluding hydrogens is 251 g/mol. The summed E-state index contributed by atoms with van der Waals surface area (Å²) in [6.45, 7) is 12.4. The van der Waals surface area contributed by atoms with Crippen molar-refractivity contribution in [3.05, 3.63) is 0 Å². The standard InChI is InChI=1S/C12H27N2O3P/c1-7-14(17-18(6,15)16)10-8-11(2,3)13-12(4,5)9-10/h10,13H,7-9H2,1-6H3,(H,15,16). The third kappa shape index (κ3) is 4.98. The summed E-state index contributed by atoms with van der Waals surface area (Å²) in [4.78, 5) is 9.39. The minimum atomic E-state index is -3.48. The molecule has 1 heterocycles. The second-order valence-electron chi connectivity index (χ2n) is 6.57. The molecule has 1 aliphatic heterocycles. The summed E-state index contributed by atoms with van der Waals surface area (Å²) in [5.74, 6) is 0. The molecular formula is C12H27N2O3P. The molecule has 0 aromatic heterocycles. The Labute approximate surface area is 110 Å². The van der Waals surface area contributed by atoms with Gasteiger partial charge in [0.1, 0.15) is 0 Å². The van der Waals surface area contributed by atoms with E-state index in [0.717, 1.165) is 12.8 Å². The average molecular weight is 278 g/mol. The topological polar surface area (TPSA) is 61.8 Å². The molecule has 18 heavy (non-hydrogen) atoms. The average Bonchev–Trinajstić information content (AvgIpc) is 2.07. The third-order valence-corrected chi connectivity index (χ3v) is 3.66. The highest BCUT2D eigenvalue weighted by Crippen LogP contribution is 2.41. The third-order valence-electron chi connectivity index (χ3n) is 3.14. The first-order valence-electron chi connectivity index (χ1n) is 6.50. The molecule has 1 unspecified atom stereocenters. The van der Waals surface area contributed by atoms with E-state index in [4.69, 9.17) is 4.62 Å². The molecule has 1 fully saturated rings. The maximum atomic E-state index is 11.4. The van der Waals surface area contributed by atoms with Gasteiger partial charge in [-0.05, 0) is 40.5 Å². The Morgan fingerprint density at radius 1 is 1.33 bits per heavy atom. The molecule has 1 saturated heterocycles. The zero-order chi connectivity index (χ0) is 14.2. The largest absolute Gasteiger partial charge is 0.341 e. The van der Waals surface area contributed by atoms with Crippen LogP contribution in [0.25, 0.3) is 0 Å². The fourth-order valence-electron chi connectivity index (χ4n) is 3.05. The van der Waals surface area contributed by atoms with E-state index in [0.29, 0.717) is 6.54 Å². The fraction of sp³-hybridized carbons (Fsp3) is 1.00. The van der Waals surface area contributed by atoms with E-state index in [9.17, 15) is 9.46 Å². The van der Waals surface area contributed by atoms with Crippen LogP contribution in [0.15, 0.2) is 0 Å². The van der Waals surface area contributed by atoms with Crippen LogP contribution in [0.3, 0.4) is 0 Å². The molecule has 0 aromatic carbocycles. The predicted molar refractivity (Wildman–Crippen MR) is 73.5 cm³/mol. The minimum absolute atomic E-state index is 0.00359. The molecule has 0 radical (unpaired) electrons. The van der Waals surface area contributed by atoms with Gasteiger partial charge in [-0.1, -0.05) is 6.92 Å². The second-order valence-corrected chi connectivity index (χ2v) is 8.34. The number of hydrogen-bond acceptors (Lipinski definition) is 4. The number of rotatable bonds is 4. The van der Waals surface area contributed by atoms with Crippen LogP contribution < -0.4 is 5.32 Å². The first-order valence-corrected chi connectivity index (χ1v) is 8.52. The van der Waals surface area contributed by atoms with Crippen LogP contribution >= 0.6 is 7.60 Å². The molecule has 6 heteroatoms. The summed E-state index contributed by atoms with van der Waals surface area (Å²) >= 11 is 0. The summed E-state index contributed by atoms with van der Waals surface area (Å²) in [5, 5.41) is 5.26. The smallest absolute Gasteiger partial charge is 0.324 e. The summed E-state index contributed by atoms with van der Waals surface area (Å²) in [7, 11) is -3.48. The first kappa shape index (κ1) is 16.1. The lowest BCUT2D eigenvalue weighted by Crippen LogP contribution is -2.62. The lowest BCUT2D eigenvalue weighted by molar-refractivity contribution is -0.123. The SMILES string of the molecule is CCN(OP(C)(=O)O)C1CC(C)(C)NC(C)(C)C1. The van der Waals surface area contributed by atoms with E-state index < -0.39 is 7.60 Å². The Morgan fingerprint density at radius 2 is 1.78 bits per heavy atom. The van der Waals surface area contributed by atoms with Gasteiger partial charge in [-0.15, -0.1) is 0 Å². The van der Waals surface area contributed by atoms with E-state index in [1.54, 1.807) is 5.06 Å². The molecule has 108 valence electrons. The molecule has 2 N–H and O–H groups in total. The predicted octanol–water partition coefficient (Wildman–Crippen LogP) is 2.36. The van der Waals surface area contributed by atoms with E-state index >= 15 is 0 Å². The van der Waals surface area contributed by atoms with Crippen LogP contribution in [0.2, 0.25) is 0 Å². The Kier molecular flexibility index (Phi) is 4.67. The van der Waals surface area contributed by atoms with Crippen molar-refractivity contribution in [2.45, 2.75) is 64.6 Å². The number of nitrogens with one attached hydrogen (secondary N) is 1. The van der Waals surface area contributed by atoms with Gasteiger partial charge in [0.05, 0.1) is 0 Å². The van der Waals surface area contributed by atoms with Gasteiger partial charge in [0.15, 0.2) is 0 Å². The second kappa shape index (κ2) is 5.22. The molecule has 1 rings (SSSR count). The number of hydroxylamine groups is 2. The Hall–Kier alpha value is 0.0700. The van der Waals surface area contributed by atoms with Crippen molar-refractivity contribution in [3.63, 3.8) is 0 Å². The number of nitrogens with zero attached hydrogens (tertiary/aromatic N) is 1. The Bertz CT molecular complexity index is 322. The molecule has 1 atom stereocenters. The molecule has 5 nitrogen and oxygen atoms in total. The highest BCUT2D eigenvalue weighted by atomic mass is 31.2. The zero-order valence-corrected chi connectivity index (χ0v) is 13.3. The first-order chi connectivity index (χ1) is 7.94. The summed E-state index contributed by atoms with van der Waals surface area (Å²) in [5.41, 5.74) is -0.00718. The van der Waals surface area contributed by atoms with E-state index in [2.05, 4.69) is 33.0 Å². The van der Waals surface area contributed by atoms with Gasteiger partial charge in [-0.3, -0.25) is 4.57 Å². The van der Waals surface area contributed by atoms with Crippen molar-refractivity contribution >= 4 is 7.60 Å². The maximum Gasteiger partial charge on any atom is 0.341 e. The van der Waals surface area contributed by atoms with E-state index in [-0.39, 0.29) is 17.1 Å². The Morgan fingerprint density at radius 3 is 2.11 bits per heavy atom. The van der Waals surface area contributed by atoms with Crippen LogP contribution in [0.4, 0.5) is 0 Å². The highest BCUT2D eigenvalue weighted by Gasteiger charge is 2.41. The van der Waals surface area contributed by atoms with Gasteiger partial charge < -0.3 is 10.2 Å². The molecule has 0 bridgehead atoms. The van der Waals surface area contributed by atoms with Crippen LogP contribution in [0, 0.1) is 0 Å². The zero-order valence-electron chi connectivity index (χ0n) is 12.4. The number of piperidine rings is 1. The van der Waals surface area contributed by atoms with Gasteiger partial charge in [-0.25, -0.2) is 4.62 Å². The normalized spacial score (nSPS) is 27.1. The minimum Gasteiger partial charge on any atom is -0.324 e. The molecule has 0 aliphatic carbocycles. The van der Waals surface area contributed by atoms with E-state index in [1.165, 1.54) is 6.66 Å². The van der Waals surface area contributed by atoms with Gasteiger partial charge in [0.2, 0.25) is 0 Å². The molecule has 0 aromatic rings. The van der Waals surface area contributed by atoms with Gasteiger partial charge in [-0.2, -0.15) is 5.06 Å². The molecule has 1 aliphatic rings. The molecule has 0 spiro atoms. The van der Waals surface area contributed by atoms with Crippen LogP contribution in [0.5, 0.6) is 0 Å². The van der Waals surface area contributed by atoms with Crippen molar-refractivity contribution in [1.82, 2.24) is 10.4 Å². The van der Waals surface area contributed by atoms with E-state index in [1.807, 2.05) is 6.92 Å². The van der Waals surface area contributed by atoms with Gasteiger partial charge in [0.25, 0.3) is 0 Å². The van der Waals surface area contributed by atoms with Crippen LogP contribution in [-0.4, -0.2) is 40.3 Å². The molecule has 0 amide bonds. The lowest BCUT2D eigenvalue weighted by Gasteiger charge is -2.49. The highest BCUT2D eigenvalue weighted by molar-refractivity contribution is 7.51.